The Kier molecular flexibility index (Phi) is 4.39. The fourth-order valence-electron chi connectivity index (χ4n) is 1.01. The Balaban J connectivity index is 2.36. The molecule has 0 aromatic heterocycles. The lowest BCUT2D eigenvalue weighted by atomic mass is 10.2. The van der Waals surface area contributed by atoms with Crippen molar-refractivity contribution in [1.29, 1.82) is 0 Å². The van der Waals surface area contributed by atoms with Crippen molar-refractivity contribution in [2.45, 2.75) is 12.5 Å². The molecule has 0 radical (unpaired) electrons. The lowest BCUT2D eigenvalue weighted by molar-refractivity contribution is -0.120. The molecule has 3 N–H and O–H groups in total. The Labute approximate surface area is 92.6 Å². The summed E-state index contributed by atoms with van der Waals surface area (Å²) in [4.78, 5) is 10.5. The molecule has 15 heavy (non-hydrogen) atoms. The number of hydrogen-bond donors (Lipinski definition) is 2. The largest absolute Gasteiger partial charge is 0.491 e. The maximum atomic E-state index is 10.5. The maximum Gasteiger partial charge on any atom is 0.220 e. The van der Waals surface area contributed by atoms with Crippen LogP contribution in [0.2, 0.25) is 5.02 Å². The van der Waals surface area contributed by atoms with Gasteiger partial charge in [-0.15, -0.1) is 0 Å². The zero-order valence-electron chi connectivity index (χ0n) is 8.02. The topological polar surface area (TPSA) is 72.6 Å². The van der Waals surface area contributed by atoms with Crippen molar-refractivity contribution in [3.63, 3.8) is 0 Å². The molecule has 0 saturated heterocycles. The molecule has 1 aromatic rings. The predicted octanol–water partition coefficient (Wildman–Crippen LogP) is 0.955. The summed E-state index contributed by atoms with van der Waals surface area (Å²) in [6.07, 6.45) is -0.980. The Morgan fingerprint density at radius 3 is 2.60 bits per heavy atom. The Morgan fingerprint density at radius 1 is 1.47 bits per heavy atom. The van der Waals surface area contributed by atoms with E-state index in [1.54, 1.807) is 24.3 Å². The van der Waals surface area contributed by atoms with Crippen molar-refractivity contribution in [1.82, 2.24) is 0 Å². The van der Waals surface area contributed by atoms with Crippen LogP contribution in [0.1, 0.15) is 6.42 Å². The predicted molar refractivity (Wildman–Crippen MR) is 56.8 cm³/mol. The second kappa shape index (κ2) is 5.58. The highest BCUT2D eigenvalue weighted by Crippen LogP contribution is 2.15. The lowest BCUT2D eigenvalue weighted by Gasteiger charge is -2.10. The molecule has 1 amide bonds. The molecule has 0 bridgehead atoms. The monoisotopic (exact) mass is 229 g/mol. The highest BCUT2D eigenvalue weighted by atomic mass is 35.5. The van der Waals surface area contributed by atoms with Crippen molar-refractivity contribution >= 4 is 17.5 Å². The summed E-state index contributed by atoms with van der Waals surface area (Å²) < 4.78 is 5.21. The van der Waals surface area contributed by atoms with E-state index in [9.17, 15) is 9.90 Å². The summed E-state index contributed by atoms with van der Waals surface area (Å²) in [6.45, 7) is 0.0323. The van der Waals surface area contributed by atoms with Crippen molar-refractivity contribution in [3.05, 3.63) is 29.3 Å². The summed E-state index contributed by atoms with van der Waals surface area (Å²) in [6, 6.07) is 6.72. The molecule has 1 rings (SSSR count). The average Bonchev–Trinajstić information content (AvgIpc) is 2.16. The minimum absolute atomic E-state index is 0.0323. The molecule has 0 fully saturated rings. The van der Waals surface area contributed by atoms with Gasteiger partial charge in [-0.25, -0.2) is 0 Å². The van der Waals surface area contributed by atoms with Gasteiger partial charge >= 0.3 is 0 Å². The molecule has 1 atom stereocenters. The average molecular weight is 230 g/mol. The molecule has 0 saturated carbocycles. The van der Waals surface area contributed by atoms with E-state index in [2.05, 4.69) is 0 Å². The summed E-state index contributed by atoms with van der Waals surface area (Å²) in [5.41, 5.74) is 4.91. The van der Waals surface area contributed by atoms with Crippen LogP contribution < -0.4 is 10.5 Å². The van der Waals surface area contributed by atoms with Gasteiger partial charge < -0.3 is 15.6 Å². The van der Waals surface area contributed by atoms with Crippen LogP contribution in [0.4, 0.5) is 0 Å². The van der Waals surface area contributed by atoms with Gasteiger partial charge in [0.2, 0.25) is 5.91 Å². The molecular weight excluding hydrogens is 218 g/mol. The first-order chi connectivity index (χ1) is 7.08. The molecule has 1 aromatic carbocycles. The van der Waals surface area contributed by atoms with Gasteiger partial charge in [0.05, 0.1) is 12.5 Å². The second-order valence-corrected chi connectivity index (χ2v) is 3.53. The Bertz CT molecular complexity index is 326. The van der Waals surface area contributed by atoms with E-state index in [-0.39, 0.29) is 13.0 Å². The zero-order chi connectivity index (χ0) is 11.3. The number of aliphatic hydroxyl groups excluding tert-OH is 1. The van der Waals surface area contributed by atoms with E-state index in [1.165, 1.54) is 0 Å². The standard InChI is InChI=1S/C10H12ClNO3/c11-7-1-3-9(4-2-7)15-6-8(13)5-10(12)14/h1-4,8,13H,5-6H2,(H2,12,14). The quantitative estimate of drug-likeness (QED) is 0.790. The van der Waals surface area contributed by atoms with Gasteiger partial charge in [0.1, 0.15) is 12.4 Å². The third-order valence-corrected chi connectivity index (χ3v) is 1.94. The third kappa shape index (κ3) is 4.67. The highest BCUT2D eigenvalue weighted by molar-refractivity contribution is 6.30. The first-order valence-electron chi connectivity index (χ1n) is 4.42. The molecule has 0 aliphatic rings. The summed E-state index contributed by atoms with van der Waals surface area (Å²) in [5, 5.41) is 9.89. The number of ether oxygens (including phenoxy) is 1. The number of aliphatic hydroxyl groups is 1. The lowest BCUT2D eigenvalue weighted by Crippen LogP contribution is -2.25. The van der Waals surface area contributed by atoms with Crippen LogP contribution >= 0.6 is 11.6 Å². The SMILES string of the molecule is NC(=O)CC(O)COc1ccc(Cl)cc1. The van der Waals surface area contributed by atoms with Crippen molar-refractivity contribution in [2.24, 2.45) is 5.73 Å². The van der Waals surface area contributed by atoms with E-state index >= 15 is 0 Å². The second-order valence-electron chi connectivity index (χ2n) is 3.09. The van der Waals surface area contributed by atoms with E-state index < -0.39 is 12.0 Å². The van der Waals surface area contributed by atoms with Crippen LogP contribution in [0.25, 0.3) is 0 Å². The molecule has 4 nitrogen and oxygen atoms in total. The summed E-state index contributed by atoms with van der Waals surface area (Å²) in [7, 11) is 0. The van der Waals surface area contributed by atoms with E-state index in [0.29, 0.717) is 10.8 Å². The summed E-state index contributed by atoms with van der Waals surface area (Å²) in [5.74, 6) is 0.0325. The molecule has 0 heterocycles. The number of halogens is 1. The Morgan fingerprint density at radius 2 is 2.07 bits per heavy atom. The maximum absolute atomic E-state index is 10.5. The third-order valence-electron chi connectivity index (χ3n) is 1.69. The molecule has 5 heteroatoms. The van der Waals surface area contributed by atoms with Crippen LogP contribution in [0.5, 0.6) is 5.75 Å². The molecule has 82 valence electrons. The minimum atomic E-state index is -0.877. The first kappa shape index (κ1) is 11.8. The van der Waals surface area contributed by atoms with Crippen LogP contribution in [-0.4, -0.2) is 23.7 Å². The number of nitrogens with two attached hydrogens (primary N) is 1. The van der Waals surface area contributed by atoms with Crippen molar-refractivity contribution < 1.29 is 14.6 Å². The molecular formula is C10H12ClNO3. The molecule has 0 aliphatic heterocycles. The van der Waals surface area contributed by atoms with Gasteiger partial charge in [-0.2, -0.15) is 0 Å². The normalized spacial score (nSPS) is 12.1. The number of carbonyl (C=O) groups excluding carboxylic acids is 1. The number of benzene rings is 1. The van der Waals surface area contributed by atoms with Gasteiger partial charge in [0.25, 0.3) is 0 Å². The van der Waals surface area contributed by atoms with E-state index in [4.69, 9.17) is 22.1 Å². The van der Waals surface area contributed by atoms with Crippen LogP contribution in [0.15, 0.2) is 24.3 Å². The van der Waals surface area contributed by atoms with E-state index in [0.717, 1.165) is 0 Å². The van der Waals surface area contributed by atoms with E-state index in [1.807, 2.05) is 0 Å². The number of carbonyl (C=O) groups is 1. The molecule has 1 unspecified atom stereocenters. The first-order valence-corrected chi connectivity index (χ1v) is 4.80. The number of amides is 1. The smallest absolute Gasteiger partial charge is 0.220 e. The van der Waals surface area contributed by atoms with Gasteiger partial charge in [0, 0.05) is 5.02 Å². The highest BCUT2D eigenvalue weighted by Gasteiger charge is 2.08. The number of hydrogen-bond acceptors (Lipinski definition) is 3. The fourth-order valence-corrected chi connectivity index (χ4v) is 1.14. The minimum Gasteiger partial charge on any atom is -0.491 e. The molecule has 0 aliphatic carbocycles. The van der Waals surface area contributed by atoms with Crippen LogP contribution in [0.3, 0.4) is 0 Å². The van der Waals surface area contributed by atoms with Gasteiger partial charge in [-0.3, -0.25) is 4.79 Å². The van der Waals surface area contributed by atoms with Crippen molar-refractivity contribution in [3.8, 4) is 5.75 Å². The van der Waals surface area contributed by atoms with Crippen LogP contribution in [-0.2, 0) is 4.79 Å². The van der Waals surface area contributed by atoms with Gasteiger partial charge in [-0.1, -0.05) is 11.6 Å². The van der Waals surface area contributed by atoms with Crippen LogP contribution in [0, 0.1) is 0 Å². The van der Waals surface area contributed by atoms with Gasteiger partial charge in [-0.05, 0) is 24.3 Å². The van der Waals surface area contributed by atoms with Gasteiger partial charge in [0.15, 0.2) is 0 Å². The number of rotatable bonds is 5. The van der Waals surface area contributed by atoms with Crippen molar-refractivity contribution in [2.75, 3.05) is 6.61 Å². The fraction of sp³-hybridized carbons (Fsp3) is 0.300. The molecule has 0 spiro atoms. The zero-order valence-corrected chi connectivity index (χ0v) is 8.78. The summed E-state index contributed by atoms with van der Waals surface area (Å²) >= 11 is 5.68. The Hall–Kier alpha value is -1.26. The number of primary amides is 1.